The number of carbonyl (C=O) groups is 2. The first-order valence-corrected chi connectivity index (χ1v) is 8.90. The quantitative estimate of drug-likeness (QED) is 0.751. The molecule has 0 fully saturated rings. The van der Waals surface area contributed by atoms with Crippen molar-refractivity contribution in [1.29, 1.82) is 0 Å². The summed E-state index contributed by atoms with van der Waals surface area (Å²) < 4.78 is 0. The highest BCUT2D eigenvalue weighted by Crippen LogP contribution is 2.41. The Labute approximate surface area is 158 Å². The summed E-state index contributed by atoms with van der Waals surface area (Å²) in [5, 5.41) is 2.94. The van der Waals surface area contributed by atoms with E-state index in [1.807, 2.05) is 67.6 Å². The molecule has 0 aliphatic carbocycles. The standard InChI is InChI=1S/C23H20N2O2/c1-15-9-8-14-19-20(15)17-12-6-7-13-18(17)21(23(27)25(19)2)24-22(26)16-10-4-3-5-11-16/h3-14,21H,1-2H3,(H,24,26)/t21-/m0/s1. The fourth-order valence-electron chi connectivity index (χ4n) is 3.65. The number of amides is 2. The molecule has 3 aromatic carbocycles. The molecule has 0 bridgehead atoms. The van der Waals surface area contributed by atoms with Crippen molar-refractivity contribution in [1.82, 2.24) is 5.32 Å². The predicted molar refractivity (Wildman–Crippen MR) is 107 cm³/mol. The second-order valence-corrected chi connectivity index (χ2v) is 6.73. The number of rotatable bonds is 2. The van der Waals surface area contributed by atoms with Crippen molar-refractivity contribution in [2.24, 2.45) is 0 Å². The van der Waals surface area contributed by atoms with Gasteiger partial charge < -0.3 is 10.2 Å². The number of nitrogens with zero attached hydrogens (tertiary/aromatic N) is 1. The van der Waals surface area contributed by atoms with Crippen LogP contribution in [0.4, 0.5) is 5.69 Å². The molecule has 1 N–H and O–H groups in total. The fraction of sp³-hybridized carbons (Fsp3) is 0.130. The van der Waals surface area contributed by atoms with Gasteiger partial charge in [0.05, 0.1) is 5.69 Å². The van der Waals surface area contributed by atoms with Crippen LogP contribution in [0.25, 0.3) is 11.1 Å². The third kappa shape index (κ3) is 2.89. The molecule has 4 rings (SSSR count). The SMILES string of the molecule is Cc1cccc2c1-c1ccccc1[C@H](NC(=O)c1ccccc1)C(=O)N2C. The average molecular weight is 356 g/mol. The molecule has 0 unspecified atom stereocenters. The largest absolute Gasteiger partial charge is 0.336 e. The Bertz CT molecular complexity index is 1030. The first kappa shape index (κ1) is 17.0. The van der Waals surface area contributed by atoms with Crippen LogP contribution in [0.15, 0.2) is 72.8 Å². The average Bonchev–Trinajstić information content (AvgIpc) is 2.79. The minimum Gasteiger partial charge on any atom is -0.336 e. The van der Waals surface area contributed by atoms with Gasteiger partial charge in [-0.3, -0.25) is 9.59 Å². The van der Waals surface area contributed by atoms with Gasteiger partial charge in [0.2, 0.25) is 0 Å². The van der Waals surface area contributed by atoms with Crippen molar-refractivity contribution >= 4 is 17.5 Å². The molecule has 3 aromatic rings. The smallest absolute Gasteiger partial charge is 0.254 e. The van der Waals surface area contributed by atoms with Crippen LogP contribution in [0.3, 0.4) is 0 Å². The van der Waals surface area contributed by atoms with E-state index in [0.717, 1.165) is 27.9 Å². The molecule has 0 saturated carbocycles. The van der Waals surface area contributed by atoms with Crippen molar-refractivity contribution in [3.05, 3.63) is 89.5 Å². The summed E-state index contributed by atoms with van der Waals surface area (Å²) in [6, 6.07) is 21.9. The van der Waals surface area contributed by atoms with Gasteiger partial charge >= 0.3 is 0 Å². The number of hydrogen-bond donors (Lipinski definition) is 1. The number of hydrogen-bond acceptors (Lipinski definition) is 2. The lowest BCUT2D eigenvalue weighted by Gasteiger charge is -2.23. The summed E-state index contributed by atoms with van der Waals surface area (Å²) in [6.07, 6.45) is 0. The predicted octanol–water partition coefficient (Wildman–Crippen LogP) is 4.11. The molecule has 1 aliphatic rings. The molecule has 4 heteroatoms. The third-order valence-electron chi connectivity index (χ3n) is 5.04. The van der Waals surface area contributed by atoms with Gasteiger partial charge in [-0.05, 0) is 41.8 Å². The Morgan fingerprint density at radius 2 is 1.63 bits per heavy atom. The number of anilines is 1. The molecule has 0 aromatic heterocycles. The first-order chi connectivity index (χ1) is 13.1. The van der Waals surface area contributed by atoms with Crippen LogP contribution in [0, 0.1) is 6.92 Å². The van der Waals surface area contributed by atoms with E-state index in [9.17, 15) is 9.59 Å². The van der Waals surface area contributed by atoms with Gasteiger partial charge in [0.1, 0.15) is 6.04 Å². The van der Waals surface area contributed by atoms with Gasteiger partial charge in [-0.15, -0.1) is 0 Å². The van der Waals surface area contributed by atoms with E-state index in [1.165, 1.54) is 0 Å². The van der Waals surface area contributed by atoms with Crippen LogP contribution in [0.1, 0.15) is 27.5 Å². The van der Waals surface area contributed by atoms with Crippen LogP contribution in [0.5, 0.6) is 0 Å². The molecular weight excluding hydrogens is 336 g/mol. The van der Waals surface area contributed by atoms with E-state index in [1.54, 1.807) is 24.1 Å². The second-order valence-electron chi connectivity index (χ2n) is 6.73. The molecule has 1 atom stereocenters. The van der Waals surface area contributed by atoms with Gasteiger partial charge in [0.25, 0.3) is 11.8 Å². The highest BCUT2D eigenvalue weighted by molar-refractivity contribution is 6.07. The van der Waals surface area contributed by atoms with E-state index < -0.39 is 6.04 Å². The fourth-order valence-corrected chi connectivity index (χ4v) is 3.65. The molecule has 4 nitrogen and oxygen atoms in total. The monoisotopic (exact) mass is 356 g/mol. The molecule has 2 amide bonds. The van der Waals surface area contributed by atoms with E-state index in [4.69, 9.17) is 0 Å². The Morgan fingerprint density at radius 1 is 0.926 bits per heavy atom. The zero-order valence-corrected chi connectivity index (χ0v) is 15.3. The normalized spacial score (nSPS) is 15.6. The highest BCUT2D eigenvalue weighted by Gasteiger charge is 2.33. The van der Waals surface area contributed by atoms with E-state index in [0.29, 0.717) is 5.56 Å². The van der Waals surface area contributed by atoms with Crippen LogP contribution in [-0.4, -0.2) is 18.9 Å². The first-order valence-electron chi connectivity index (χ1n) is 8.90. The molecule has 134 valence electrons. The molecular formula is C23H20N2O2. The second kappa shape index (κ2) is 6.72. The summed E-state index contributed by atoms with van der Waals surface area (Å²) >= 11 is 0. The molecule has 1 aliphatic heterocycles. The summed E-state index contributed by atoms with van der Waals surface area (Å²) in [7, 11) is 1.76. The lowest BCUT2D eigenvalue weighted by molar-refractivity contribution is -0.120. The number of nitrogens with one attached hydrogen (secondary N) is 1. The van der Waals surface area contributed by atoms with Crippen molar-refractivity contribution in [2.45, 2.75) is 13.0 Å². The summed E-state index contributed by atoms with van der Waals surface area (Å²) in [5.74, 6) is -0.420. The minimum atomic E-state index is -0.745. The van der Waals surface area contributed by atoms with Crippen LogP contribution in [0.2, 0.25) is 0 Å². The molecule has 1 heterocycles. The number of fused-ring (bicyclic) bond motifs is 3. The van der Waals surface area contributed by atoms with Crippen molar-refractivity contribution in [3.8, 4) is 11.1 Å². The van der Waals surface area contributed by atoms with E-state index >= 15 is 0 Å². The van der Waals surface area contributed by atoms with E-state index in [-0.39, 0.29) is 11.8 Å². The Morgan fingerprint density at radius 3 is 2.41 bits per heavy atom. The Hall–Kier alpha value is -3.40. The van der Waals surface area contributed by atoms with Crippen molar-refractivity contribution in [3.63, 3.8) is 0 Å². The summed E-state index contributed by atoms with van der Waals surface area (Å²) in [5.41, 5.74) is 5.29. The lowest BCUT2D eigenvalue weighted by Crippen LogP contribution is -2.40. The zero-order valence-electron chi connectivity index (χ0n) is 15.3. The third-order valence-corrected chi connectivity index (χ3v) is 5.04. The number of benzene rings is 3. The van der Waals surface area contributed by atoms with Gasteiger partial charge in [-0.2, -0.15) is 0 Å². The van der Waals surface area contributed by atoms with E-state index in [2.05, 4.69) is 5.32 Å². The Kier molecular flexibility index (Phi) is 4.24. The highest BCUT2D eigenvalue weighted by atomic mass is 16.2. The molecule has 0 spiro atoms. The topological polar surface area (TPSA) is 49.4 Å². The van der Waals surface area contributed by atoms with Gasteiger partial charge in [0, 0.05) is 18.2 Å². The van der Waals surface area contributed by atoms with Crippen LogP contribution >= 0.6 is 0 Å². The van der Waals surface area contributed by atoms with Crippen LogP contribution < -0.4 is 10.2 Å². The molecule has 27 heavy (non-hydrogen) atoms. The van der Waals surface area contributed by atoms with Gasteiger partial charge in [-0.1, -0.05) is 54.6 Å². The maximum absolute atomic E-state index is 13.3. The maximum Gasteiger partial charge on any atom is 0.254 e. The summed E-state index contributed by atoms with van der Waals surface area (Å²) in [4.78, 5) is 27.6. The summed E-state index contributed by atoms with van der Waals surface area (Å²) in [6.45, 7) is 2.04. The Balaban J connectivity index is 1.84. The maximum atomic E-state index is 13.3. The number of aryl methyl sites for hydroxylation is 1. The minimum absolute atomic E-state index is 0.156. The number of likely N-dealkylation sites (N-methyl/N-ethyl adjacent to an activating group) is 1. The van der Waals surface area contributed by atoms with Crippen LogP contribution in [-0.2, 0) is 4.79 Å². The lowest BCUT2D eigenvalue weighted by atomic mass is 9.92. The molecule has 0 saturated heterocycles. The van der Waals surface area contributed by atoms with Crippen molar-refractivity contribution in [2.75, 3.05) is 11.9 Å². The molecule has 0 radical (unpaired) electrons. The van der Waals surface area contributed by atoms with Gasteiger partial charge in [0.15, 0.2) is 0 Å². The number of carbonyl (C=O) groups excluding carboxylic acids is 2. The van der Waals surface area contributed by atoms with Crippen molar-refractivity contribution < 1.29 is 9.59 Å². The zero-order chi connectivity index (χ0) is 19.0. The van der Waals surface area contributed by atoms with Gasteiger partial charge in [-0.25, -0.2) is 0 Å².